The molecule has 1 fully saturated rings. The number of nitrogens with zero attached hydrogens (tertiary/aromatic N) is 3. The van der Waals surface area contributed by atoms with Crippen LogP contribution in [0.3, 0.4) is 0 Å². The summed E-state index contributed by atoms with van der Waals surface area (Å²) in [6.07, 6.45) is -3.86. The first kappa shape index (κ1) is 23.0. The number of ether oxygens (including phenoxy) is 2. The van der Waals surface area contributed by atoms with E-state index in [-0.39, 0.29) is 5.75 Å². The maximum atomic E-state index is 12.8. The third kappa shape index (κ3) is 4.99. The van der Waals surface area contributed by atoms with Gasteiger partial charge in [0.05, 0.1) is 35.1 Å². The topological polar surface area (TPSA) is 39.5 Å². The Morgan fingerprint density at radius 3 is 2.59 bits per heavy atom. The minimum absolute atomic E-state index is 0.244. The van der Waals surface area contributed by atoms with E-state index in [1.165, 1.54) is 12.1 Å². The van der Waals surface area contributed by atoms with Gasteiger partial charge >= 0.3 is 6.36 Å². The molecule has 1 aliphatic heterocycles. The largest absolute Gasteiger partial charge is 0.573 e. The van der Waals surface area contributed by atoms with Crippen molar-refractivity contribution >= 4 is 33.4 Å². The van der Waals surface area contributed by atoms with Gasteiger partial charge in [0, 0.05) is 42.5 Å². The van der Waals surface area contributed by atoms with Crippen LogP contribution in [0.1, 0.15) is 6.42 Å². The van der Waals surface area contributed by atoms with Gasteiger partial charge in [0.2, 0.25) is 0 Å². The molecular formula is C25H23ClF3N3O2. The van der Waals surface area contributed by atoms with Crippen molar-refractivity contribution in [2.24, 2.45) is 0 Å². The highest BCUT2D eigenvalue weighted by Crippen LogP contribution is 2.33. The molecule has 0 unspecified atom stereocenters. The number of pyridine rings is 1. The van der Waals surface area contributed by atoms with Crippen molar-refractivity contribution in [3.05, 3.63) is 59.6 Å². The molecule has 0 radical (unpaired) electrons. The van der Waals surface area contributed by atoms with Crippen molar-refractivity contribution < 1.29 is 22.6 Å². The number of fused-ring (bicyclic) bond motifs is 2. The molecule has 1 aliphatic rings. The highest BCUT2D eigenvalue weighted by molar-refractivity contribution is 6.35. The lowest BCUT2D eigenvalue weighted by Gasteiger charge is -2.26. The van der Waals surface area contributed by atoms with E-state index in [1.54, 1.807) is 12.1 Å². The van der Waals surface area contributed by atoms with Gasteiger partial charge in [-0.05, 0) is 42.8 Å². The fraction of sp³-hybridized carbons (Fsp3) is 0.320. The number of alkyl halides is 3. The molecule has 1 saturated heterocycles. The summed E-state index contributed by atoms with van der Waals surface area (Å²) in [5, 5.41) is 2.13. The zero-order chi connectivity index (χ0) is 23.7. The van der Waals surface area contributed by atoms with Gasteiger partial charge in [-0.1, -0.05) is 29.8 Å². The molecule has 2 aromatic carbocycles. The van der Waals surface area contributed by atoms with Crippen molar-refractivity contribution in [3.63, 3.8) is 0 Å². The highest BCUT2D eigenvalue weighted by Gasteiger charge is 2.31. The SMILES string of the molecule is FC(F)(F)Oc1ccc2c(c1)cc(-c1ccc3cccc(Cl)c3n1)n2CCCN1CCOCC1. The van der Waals surface area contributed by atoms with Crippen LogP contribution in [0.25, 0.3) is 33.2 Å². The zero-order valence-corrected chi connectivity index (χ0v) is 19.1. The van der Waals surface area contributed by atoms with Gasteiger partial charge in [0.15, 0.2) is 0 Å². The van der Waals surface area contributed by atoms with Crippen molar-refractivity contribution in [2.45, 2.75) is 19.3 Å². The summed E-state index contributed by atoms with van der Waals surface area (Å²) in [5.74, 6) is -0.244. The van der Waals surface area contributed by atoms with E-state index in [0.717, 1.165) is 55.9 Å². The number of aromatic nitrogens is 2. The van der Waals surface area contributed by atoms with Gasteiger partial charge in [-0.25, -0.2) is 4.98 Å². The molecule has 0 amide bonds. The summed E-state index contributed by atoms with van der Waals surface area (Å²) < 4.78 is 49.9. The van der Waals surface area contributed by atoms with Crippen LogP contribution in [0.4, 0.5) is 13.2 Å². The molecule has 5 nitrogen and oxygen atoms in total. The summed E-state index contributed by atoms with van der Waals surface area (Å²) in [7, 11) is 0. The average Bonchev–Trinajstić information content (AvgIpc) is 3.16. The number of morpholine rings is 1. The molecule has 5 rings (SSSR count). The first-order chi connectivity index (χ1) is 16.4. The molecule has 0 N–H and O–H groups in total. The summed E-state index contributed by atoms with van der Waals surface area (Å²) in [6, 6.07) is 15.8. The fourth-order valence-corrected chi connectivity index (χ4v) is 4.65. The number of hydrogen-bond acceptors (Lipinski definition) is 4. The average molecular weight is 490 g/mol. The van der Waals surface area contributed by atoms with Gasteiger partial charge < -0.3 is 14.0 Å². The Morgan fingerprint density at radius 2 is 1.79 bits per heavy atom. The molecule has 0 saturated carbocycles. The molecule has 0 spiro atoms. The Labute approximate surface area is 199 Å². The van der Waals surface area contributed by atoms with E-state index in [1.807, 2.05) is 30.3 Å². The number of hydrogen-bond donors (Lipinski definition) is 0. The Balaban J connectivity index is 1.52. The third-order valence-electron chi connectivity index (χ3n) is 6.00. The fourth-order valence-electron chi connectivity index (χ4n) is 4.43. The zero-order valence-electron chi connectivity index (χ0n) is 18.3. The van der Waals surface area contributed by atoms with E-state index in [2.05, 4.69) is 14.2 Å². The van der Waals surface area contributed by atoms with Gasteiger partial charge in [0.1, 0.15) is 5.75 Å². The van der Waals surface area contributed by atoms with Crippen molar-refractivity contribution in [1.29, 1.82) is 0 Å². The molecule has 0 aliphatic carbocycles. The lowest BCUT2D eigenvalue weighted by Crippen LogP contribution is -2.37. The van der Waals surface area contributed by atoms with Crippen LogP contribution in [0, 0.1) is 0 Å². The van der Waals surface area contributed by atoms with Gasteiger partial charge in [-0.15, -0.1) is 13.2 Å². The summed E-state index contributed by atoms with van der Waals surface area (Å²) in [6.45, 7) is 4.89. The normalized spacial score (nSPS) is 15.3. The molecule has 34 heavy (non-hydrogen) atoms. The molecule has 3 heterocycles. The number of para-hydroxylation sites is 1. The van der Waals surface area contributed by atoms with E-state index >= 15 is 0 Å². The Kier molecular flexibility index (Phi) is 6.38. The molecule has 4 aromatic rings. The number of aryl methyl sites for hydroxylation is 1. The molecule has 178 valence electrons. The maximum absolute atomic E-state index is 12.8. The monoisotopic (exact) mass is 489 g/mol. The number of halogens is 4. The van der Waals surface area contributed by atoms with E-state index in [4.69, 9.17) is 21.3 Å². The smallest absolute Gasteiger partial charge is 0.406 e. The maximum Gasteiger partial charge on any atom is 0.573 e. The molecular weight excluding hydrogens is 467 g/mol. The van der Waals surface area contributed by atoms with E-state index < -0.39 is 6.36 Å². The van der Waals surface area contributed by atoms with Crippen LogP contribution in [-0.4, -0.2) is 53.7 Å². The lowest BCUT2D eigenvalue weighted by atomic mass is 10.1. The summed E-state index contributed by atoms with van der Waals surface area (Å²) in [4.78, 5) is 7.15. The lowest BCUT2D eigenvalue weighted by molar-refractivity contribution is -0.274. The quantitative estimate of drug-likeness (QED) is 0.326. The number of benzene rings is 2. The van der Waals surface area contributed by atoms with Gasteiger partial charge in [-0.3, -0.25) is 4.90 Å². The second-order valence-corrected chi connectivity index (χ2v) is 8.67. The molecule has 2 aromatic heterocycles. The van der Waals surface area contributed by atoms with Crippen molar-refractivity contribution in [1.82, 2.24) is 14.5 Å². The van der Waals surface area contributed by atoms with Gasteiger partial charge in [-0.2, -0.15) is 0 Å². The van der Waals surface area contributed by atoms with Crippen LogP contribution in [0.15, 0.2) is 54.6 Å². The second-order valence-electron chi connectivity index (χ2n) is 8.27. The van der Waals surface area contributed by atoms with Crippen LogP contribution in [0.2, 0.25) is 5.02 Å². The van der Waals surface area contributed by atoms with Crippen LogP contribution < -0.4 is 4.74 Å². The molecule has 0 bridgehead atoms. The standard InChI is InChI=1S/C25H23ClF3N3O2/c26-20-4-1-3-17-5-7-21(30-24(17)20)23-16-18-15-19(34-25(27,28)29)6-8-22(18)32(23)10-2-9-31-11-13-33-14-12-31/h1,3-8,15-16H,2,9-14H2. The third-order valence-corrected chi connectivity index (χ3v) is 6.30. The Hall–Kier alpha value is -2.81. The Morgan fingerprint density at radius 1 is 0.971 bits per heavy atom. The molecule has 9 heteroatoms. The molecule has 0 atom stereocenters. The predicted molar refractivity (Wildman–Crippen MR) is 126 cm³/mol. The van der Waals surface area contributed by atoms with Crippen LogP contribution >= 0.6 is 11.6 Å². The number of rotatable bonds is 6. The first-order valence-corrected chi connectivity index (χ1v) is 11.5. The highest BCUT2D eigenvalue weighted by atomic mass is 35.5. The van der Waals surface area contributed by atoms with Crippen molar-refractivity contribution in [3.8, 4) is 17.1 Å². The van der Waals surface area contributed by atoms with Crippen molar-refractivity contribution in [2.75, 3.05) is 32.8 Å². The first-order valence-electron chi connectivity index (χ1n) is 11.1. The summed E-state index contributed by atoms with van der Waals surface area (Å²) in [5.41, 5.74) is 3.05. The predicted octanol–water partition coefficient (Wildman–Crippen LogP) is 6.13. The van der Waals surface area contributed by atoms with Crippen LogP contribution in [0.5, 0.6) is 5.75 Å². The van der Waals surface area contributed by atoms with E-state index in [0.29, 0.717) is 28.2 Å². The Bertz CT molecular complexity index is 1320. The second kappa shape index (κ2) is 9.44. The van der Waals surface area contributed by atoms with Crippen LogP contribution in [-0.2, 0) is 11.3 Å². The minimum atomic E-state index is -4.74. The minimum Gasteiger partial charge on any atom is -0.406 e. The van der Waals surface area contributed by atoms with E-state index in [9.17, 15) is 13.2 Å². The summed E-state index contributed by atoms with van der Waals surface area (Å²) >= 11 is 6.38. The van der Waals surface area contributed by atoms with Gasteiger partial charge in [0.25, 0.3) is 0 Å².